The minimum Gasteiger partial charge on any atom is -0.419 e. The van der Waals surface area contributed by atoms with Crippen LogP contribution in [0.15, 0.2) is 57.8 Å². The fourth-order valence-electron chi connectivity index (χ4n) is 1.93. The van der Waals surface area contributed by atoms with E-state index in [-0.39, 0.29) is 28.2 Å². The van der Waals surface area contributed by atoms with Gasteiger partial charge in [0, 0.05) is 10.6 Å². The largest absolute Gasteiger partial charge is 0.419 e. The SMILES string of the molecule is O=S(=O)(NCc1nnc(-c2ccc(Cl)cc2)o1)c1ccccc1Cl. The van der Waals surface area contributed by atoms with Gasteiger partial charge < -0.3 is 4.42 Å². The molecule has 0 saturated heterocycles. The van der Waals surface area contributed by atoms with Crippen molar-refractivity contribution in [3.05, 3.63) is 64.5 Å². The first-order valence-corrected chi connectivity index (χ1v) is 9.02. The second-order valence-electron chi connectivity index (χ2n) is 4.76. The Morgan fingerprint density at radius 2 is 1.71 bits per heavy atom. The molecule has 0 spiro atoms. The molecule has 3 aromatic rings. The predicted molar refractivity (Wildman–Crippen MR) is 90.2 cm³/mol. The molecule has 0 unspecified atom stereocenters. The van der Waals surface area contributed by atoms with Gasteiger partial charge in [-0.3, -0.25) is 0 Å². The smallest absolute Gasteiger partial charge is 0.247 e. The molecular formula is C15H11Cl2N3O3S. The number of benzene rings is 2. The third-order valence-corrected chi connectivity index (χ3v) is 5.25. The summed E-state index contributed by atoms with van der Waals surface area (Å²) in [6.45, 7) is -0.145. The van der Waals surface area contributed by atoms with E-state index in [2.05, 4.69) is 14.9 Å². The maximum absolute atomic E-state index is 12.2. The van der Waals surface area contributed by atoms with Gasteiger partial charge in [0.05, 0.1) is 11.6 Å². The van der Waals surface area contributed by atoms with Gasteiger partial charge in [0.15, 0.2) is 0 Å². The quantitative estimate of drug-likeness (QED) is 0.728. The topological polar surface area (TPSA) is 85.1 Å². The molecule has 0 aliphatic rings. The molecule has 1 N–H and O–H groups in total. The lowest BCUT2D eigenvalue weighted by molar-refractivity contribution is 0.494. The van der Waals surface area contributed by atoms with Crippen molar-refractivity contribution < 1.29 is 12.8 Å². The summed E-state index contributed by atoms with van der Waals surface area (Å²) in [5, 5.41) is 8.44. The van der Waals surface area contributed by atoms with Crippen LogP contribution in [-0.4, -0.2) is 18.6 Å². The van der Waals surface area contributed by atoms with Crippen LogP contribution in [0.4, 0.5) is 0 Å². The molecule has 1 heterocycles. The molecule has 0 saturated carbocycles. The molecule has 0 radical (unpaired) electrons. The van der Waals surface area contributed by atoms with E-state index in [4.69, 9.17) is 27.6 Å². The Balaban J connectivity index is 1.74. The summed E-state index contributed by atoms with van der Waals surface area (Å²) in [6.07, 6.45) is 0. The highest BCUT2D eigenvalue weighted by Crippen LogP contribution is 2.22. The van der Waals surface area contributed by atoms with Gasteiger partial charge >= 0.3 is 0 Å². The van der Waals surface area contributed by atoms with Crippen LogP contribution in [0.1, 0.15) is 5.89 Å². The molecule has 0 amide bonds. The summed E-state index contributed by atoms with van der Waals surface area (Å²) >= 11 is 11.7. The van der Waals surface area contributed by atoms with E-state index in [1.165, 1.54) is 12.1 Å². The van der Waals surface area contributed by atoms with Crippen molar-refractivity contribution in [2.45, 2.75) is 11.4 Å². The maximum atomic E-state index is 12.2. The van der Waals surface area contributed by atoms with E-state index in [0.717, 1.165) is 0 Å². The molecule has 24 heavy (non-hydrogen) atoms. The number of nitrogens with zero attached hydrogens (tertiary/aromatic N) is 2. The van der Waals surface area contributed by atoms with Gasteiger partial charge in [0.1, 0.15) is 4.90 Å². The fraction of sp³-hybridized carbons (Fsp3) is 0.0667. The van der Waals surface area contributed by atoms with Crippen LogP contribution >= 0.6 is 23.2 Å². The first-order valence-electron chi connectivity index (χ1n) is 6.78. The van der Waals surface area contributed by atoms with E-state index in [0.29, 0.717) is 10.6 Å². The number of hydrogen-bond acceptors (Lipinski definition) is 5. The highest BCUT2D eigenvalue weighted by molar-refractivity contribution is 7.89. The van der Waals surface area contributed by atoms with Gasteiger partial charge in [-0.25, -0.2) is 13.1 Å². The number of hydrogen-bond donors (Lipinski definition) is 1. The number of halogens is 2. The molecule has 9 heteroatoms. The van der Waals surface area contributed by atoms with Crippen molar-refractivity contribution in [1.29, 1.82) is 0 Å². The second-order valence-corrected chi connectivity index (χ2v) is 7.34. The Hall–Kier alpha value is -1.93. The average Bonchev–Trinajstić information content (AvgIpc) is 3.03. The maximum Gasteiger partial charge on any atom is 0.247 e. The van der Waals surface area contributed by atoms with Crippen molar-refractivity contribution in [1.82, 2.24) is 14.9 Å². The number of rotatable bonds is 5. The van der Waals surface area contributed by atoms with E-state index in [9.17, 15) is 8.42 Å². The molecule has 0 bridgehead atoms. The third-order valence-electron chi connectivity index (χ3n) is 3.10. The molecule has 124 valence electrons. The van der Waals surface area contributed by atoms with E-state index in [1.807, 2.05) is 0 Å². The van der Waals surface area contributed by atoms with Crippen LogP contribution in [0, 0.1) is 0 Å². The molecule has 0 fully saturated rings. The number of sulfonamides is 1. The highest BCUT2D eigenvalue weighted by atomic mass is 35.5. The lowest BCUT2D eigenvalue weighted by Crippen LogP contribution is -2.23. The summed E-state index contributed by atoms with van der Waals surface area (Å²) in [7, 11) is -3.78. The summed E-state index contributed by atoms with van der Waals surface area (Å²) in [6, 6.07) is 13.0. The van der Waals surface area contributed by atoms with E-state index >= 15 is 0 Å². The van der Waals surface area contributed by atoms with Crippen molar-refractivity contribution in [3.8, 4) is 11.5 Å². The zero-order valence-corrected chi connectivity index (χ0v) is 14.4. The highest BCUT2D eigenvalue weighted by Gasteiger charge is 2.18. The summed E-state index contributed by atoms with van der Waals surface area (Å²) in [5.74, 6) is 0.411. The lowest BCUT2D eigenvalue weighted by Gasteiger charge is -2.06. The molecule has 6 nitrogen and oxygen atoms in total. The van der Waals surface area contributed by atoms with Gasteiger partial charge in [-0.05, 0) is 36.4 Å². The van der Waals surface area contributed by atoms with Gasteiger partial charge in [-0.1, -0.05) is 35.3 Å². The zero-order valence-electron chi connectivity index (χ0n) is 12.1. The zero-order chi connectivity index (χ0) is 17.2. The minimum atomic E-state index is -3.78. The molecule has 3 rings (SSSR count). The van der Waals surface area contributed by atoms with Crippen LogP contribution in [0.5, 0.6) is 0 Å². The van der Waals surface area contributed by atoms with Gasteiger partial charge in [-0.15, -0.1) is 10.2 Å². The lowest BCUT2D eigenvalue weighted by atomic mass is 10.2. The van der Waals surface area contributed by atoms with Crippen molar-refractivity contribution in [3.63, 3.8) is 0 Å². The van der Waals surface area contributed by atoms with Crippen molar-refractivity contribution >= 4 is 33.2 Å². The Labute approximate surface area is 148 Å². The minimum absolute atomic E-state index is 0.0101. The molecule has 2 aromatic carbocycles. The first kappa shape index (κ1) is 16.9. The van der Waals surface area contributed by atoms with E-state index in [1.54, 1.807) is 36.4 Å². The van der Waals surface area contributed by atoms with Gasteiger partial charge in [0.2, 0.25) is 21.8 Å². The molecule has 0 atom stereocenters. The predicted octanol–water partition coefficient (Wildman–Crippen LogP) is 3.52. The monoisotopic (exact) mass is 383 g/mol. The molecule has 0 aliphatic carbocycles. The summed E-state index contributed by atoms with van der Waals surface area (Å²) in [5.41, 5.74) is 0.687. The third kappa shape index (κ3) is 3.76. The Bertz CT molecular complexity index is 956. The van der Waals surface area contributed by atoms with Crippen LogP contribution in [0.3, 0.4) is 0 Å². The van der Waals surface area contributed by atoms with Crippen LogP contribution in [-0.2, 0) is 16.6 Å². The van der Waals surface area contributed by atoms with E-state index < -0.39 is 10.0 Å². The Morgan fingerprint density at radius 1 is 1.00 bits per heavy atom. The summed E-state index contributed by atoms with van der Waals surface area (Å²) < 4.78 is 32.3. The van der Waals surface area contributed by atoms with Gasteiger partial charge in [0.25, 0.3) is 0 Å². The Kier molecular flexibility index (Phi) is 4.86. The molecule has 1 aromatic heterocycles. The number of nitrogens with one attached hydrogen (secondary N) is 1. The normalized spacial score (nSPS) is 11.6. The van der Waals surface area contributed by atoms with Crippen LogP contribution in [0.25, 0.3) is 11.5 Å². The van der Waals surface area contributed by atoms with Crippen molar-refractivity contribution in [2.75, 3.05) is 0 Å². The average molecular weight is 384 g/mol. The molecule has 0 aliphatic heterocycles. The molecular weight excluding hydrogens is 373 g/mol. The first-order chi connectivity index (χ1) is 11.5. The van der Waals surface area contributed by atoms with Crippen molar-refractivity contribution in [2.24, 2.45) is 0 Å². The van der Waals surface area contributed by atoms with Crippen LogP contribution < -0.4 is 4.72 Å². The fourth-order valence-corrected chi connectivity index (χ4v) is 3.55. The van der Waals surface area contributed by atoms with Gasteiger partial charge in [-0.2, -0.15) is 0 Å². The summed E-state index contributed by atoms with van der Waals surface area (Å²) in [4.78, 5) is -0.0101. The van der Waals surface area contributed by atoms with Crippen LogP contribution in [0.2, 0.25) is 10.0 Å². The second kappa shape index (κ2) is 6.90. The Morgan fingerprint density at radius 3 is 2.42 bits per heavy atom. The number of aromatic nitrogens is 2. The standard InChI is InChI=1S/C15H11Cl2N3O3S/c16-11-7-5-10(6-8-11)15-20-19-14(23-15)9-18-24(21,22)13-4-2-1-3-12(13)17/h1-8,18H,9H2.